The van der Waals surface area contributed by atoms with E-state index in [-0.39, 0.29) is 5.91 Å². The lowest BCUT2D eigenvalue weighted by molar-refractivity contribution is -0.116. The van der Waals surface area contributed by atoms with E-state index in [1.807, 2.05) is 12.1 Å². The lowest BCUT2D eigenvalue weighted by atomic mass is 9.85. The SMILES string of the molecule is Cc1ccc(/C=C/C(=O)NCC(C(C)C)C(C)C)s1. The summed E-state index contributed by atoms with van der Waals surface area (Å²) in [6.07, 6.45) is 3.51. The number of rotatable bonds is 6. The monoisotopic (exact) mass is 279 g/mol. The zero-order valence-electron chi connectivity index (χ0n) is 12.6. The van der Waals surface area contributed by atoms with Gasteiger partial charge in [0.15, 0.2) is 0 Å². The summed E-state index contributed by atoms with van der Waals surface area (Å²) in [5.41, 5.74) is 0. The highest BCUT2D eigenvalue weighted by atomic mass is 32.1. The number of thiophene rings is 1. The van der Waals surface area contributed by atoms with Crippen LogP contribution in [0, 0.1) is 24.7 Å². The largest absolute Gasteiger partial charge is 0.352 e. The Balaban J connectivity index is 2.45. The van der Waals surface area contributed by atoms with Crippen molar-refractivity contribution in [1.82, 2.24) is 5.32 Å². The predicted octanol–water partition coefficient (Wildman–Crippen LogP) is 4.11. The van der Waals surface area contributed by atoms with E-state index >= 15 is 0 Å². The fourth-order valence-electron chi connectivity index (χ4n) is 2.22. The molecule has 1 rings (SSSR count). The normalized spacial score (nSPS) is 12.0. The van der Waals surface area contributed by atoms with Crippen LogP contribution >= 0.6 is 11.3 Å². The first-order valence-corrected chi connectivity index (χ1v) is 7.74. The quantitative estimate of drug-likeness (QED) is 0.780. The summed E-state index contributed by atoms with van der Waals surface area (Å²) in [6.45, 7) is 11.7. The van der Waals surface area contributed by atoms with E-state index in [0.717, 1.165) is 11.4 Å². The number of hydrogen-bond donors (Lipinski definition) is 1. The molecule has 1 aromatic rings. The highest BCUT2D eigenvalue weighted by Crippen LogP contribution is 2.19. The summed E-state index contributed by atoms with van der Waals surface area (Å²) in [7, 11) is 0. The molecule has 0 saturated carbocycles. The zero-order chi connectivity index (χ0) is 14.4. The maximum Gasteiger partial charge on any atom is 0.244 e. The van der Waals surface area contributed by atoms with Gasteiger partial charge >= 0.3 is 0 Å². The molecule has 1 N–H and O–H groups in total. The Bertz CT molecular complexity index is 424. The maximum atomic E-state index is 11.8. The molecule has 0 aliphatic rings. The van der Waals surface area contributed by atoms with Crippen LogP contribution in [-0.2, 0) is 4.79 Å². The number of aryl methyl sites for hydroxylation is 1. The van der Waals surface area contributed by atoms with Gasteiger partial charge in [-0.3, -0.25) is 4.79 Å². The van der Waals surface area contributed by atoms with E-state index in [4.69, 9.17) is 0 Å². The van der Waals surface area contributed by atoms with Crippen LogP contribution < -0.4 is 5.32 Å². The van der Waals surface area contributed by atoms with Crippen molar-refractivity contribution in [3.8, 4) is 0 Å². The van der Waals surface area contributed by atoms with Crippen molar-refractivity contribution in [2.45, 2.75) is 34.6 Å². The first-order chi connectivity index (χ1) is 8.90. The van der Waals surface area contributed by atoms with Crippen molar-refractivity contribution in [2.75, 3.05) is 6.54 Å². The van der Waals surface area contributed by atoms with Gasteiger partial charge in [-0.1, -0.05) is 27.7 Å². The summed E-state index contributed by atoms with van der Waals surface area (Å²) < 4.78 is 0. The van der Waals surface area contributed by atoms with Gasteiger partial charge in [-0.05, 0) is 42.9 Å². The third-order valence-electron chi connectivity index (χ3n) is 3.38. The lowest BCUT2D eigenvalue weighted by Gasteiger charge is -2.24. The van der Waals surface area contributed by atoms with Gasteiger partial charge in [0.05, 0.1) is 0 Å². The van der Waals surface area contributed by atoms with Crippen molar-refractivity contribution >= 4 is 23.3 Å². The van der Waals surface area contributed by atoms with Gasteiger partial charge < -0.3 is 5.32 Å². The molecule has 0 bridgehead atoms. The van der Waals surface area contributed by atoms with E-state index in [1.165, 1.54) is 4.88 Å². The van der Waals surface area contributed by atoms with Gasteiger partial charge in [-0.2, -0.15) is 0 Å². The summed E-state index contributed by atoms with van der Waals surface area (Å²) in [6, 6.07) is 4.10. The smallest absolute Gasteiger partial charge is 0.244 e. The molecular formula is C16H25NOS. The standard InChI is InChI=1S/C16H25NOS/c1-11(2)15(12(3)4)10-17-16(18)9-8-14-7-6-13(5)19-14/h6-9,11-12,15H,10H2,1-5H3,(H,17,18)/b9-8+. The average molecular weight is 279 g/mol. The Labute approximate surface area is 120 Å². The minimum Gasteiger partial charge on any atom is -0.352 e. The number of hydrogen-bond acceptors (Lipinski definition) is 2. The van der Waals surface area contributed by atoms with Crippen LogP contribution in [-0.4, -0.2) is 12.5 Å². The Hall–Kier alpha value is -1.09. The molecule has 0 atom stereocenters. The van der Waals surface area contributed by atoms with Crippen LogP contribution in [0.2, 0.25) is 0 Å². The second-order valence-corrected chi connectivity index (χ2v) is 7.00. The van der Waals surface area contributed by atoms with Crippen LogP contribution in [0.3, 0.4) is 0 Å². The van der Waals surface area contributed by atoms with E-state index in [1.54, 1.807) is 17.4 Å². The number of carbonyl (C=O) groups excluding carboxylic acids is 1. The average Bonchev–Trinajstić information content (AvgIpc) is 2.71. The predicted molar refractivity (Wildman–Crippen MR) is 84.3 cm³/mol. The molecule has 0 unspecified atom stereocenters. The molecule has 19 heavy (non-hydrogen) atoms. The molecule has 0 aromatic carbocycles. The Morgan fingerprint density at radius 2 is 1.89 bits per heavy atom. The molecule has 106 valence electrons. The topological polar surface area (TPSA) is 29.1 Å². The fraction of sp³-hybridized carbons (Fsp3) is 0.562. The van der Waals surface area contributed by atoms with Crippen LogP contribution in [0.15, 0.2) is 18.2 Å². The lowest BCUT2D eigenvalue weighted by Crippen LogP contribution is -2.32. The summed E-state index contributed by atoms with van der Waals surface area (Å²) in [5.74, 6) is 1.70. The Morgan fingerprint density at radius 1 is 1.26 bits per heavy atom. The Kier molecular flexibility index (Phi) is 6.29. The summed E-state index contributed by atoms with van der Waals surface area (Å²) in [5, 5.41) is 3.00. The van der Waals surface area contributed by atoms with Gasteiger partial charge in [-0.25, -0.2) is 0 Å². The molecule has 0 aliphatic carbocycles. The fourth-order valence-corrected chi connectivity index (χ4v) is 3.00. The van der Waals surface area contributed by atoms with Crippen molar-refractivity contribution in [2.24, 2.45) is 17.8 Å². The van der Waals surface area contributed by atoms with Gasteiger partial charge in [0.1, 0.15) is 0 Å². The first-order valence-electron chi connectivity index (χ1n) is 6.92. The van der Waals surface area contributed by atoms with Crippen molar-refractivity contribution in [1.29, 1.82) is 0 Å². The number of carbonyl (C=O) groups is 1. The van der Waals surface area contributed by atoms with E-state index in [9.17, 15) is 4.79 Å². The molecule has 1 amide bonds. The molecule has 3 heteroatoms. The van der Waals surface area contributed by atoms with Crippen molar-refractivity contribution in [3.05, 3.63) is 28.0 Å². The highest BCUT2D eigenvalue weighted by molar-refractivity contribution is 7.12. The molecule has 2 nitrogen and oxygen atoms in total. The molecule has 0 aliphatic heterocycles. The Morgan fingerprint density at radius 3 is 2.37 bits per heavy atom. The maximum absolute atomic E-state index is 11.8. The first kappa shape index (κ1) is 16.0. The second kappa shape index (κ2) is 7.49. The molecule has 0 radical (unpaired) electrons. The minimum absolute atomic E-state index is 0.00245. The molecule has 0 spiro atoms. The second-order valence-electron chi connectivity index (χ2n) is 5.68. The molecule has 0 saturated heterocycles. The molecular weight excluding hydrogens is 254 g/mol. The van der Waals surface area contributed by atoms with E-state index in [2.05, 4.69) is 46.0 Å². The van der Waals surface area contributed by atoms with E-state index < -0.39 is 0 Å². The third kappa shape index (κ3) is 5.60. The number of nitrogens with one attached hydrogen (secondary N) is 1. The zero-order valence-corrected chi connectivity index (χ0v) is 13.4. The van der Waals surface area contributed by atoms with Gasteiger partial charge in [0.2, 0.25) is 5.91 Å². The highest BCUT2D eigenvalue weighted by Gasteiger charge is 2.17. The van der Waals surface area contributed by atoms with Gasteiger partial charge in [0.25, 0.3) is 0 Å². The van der Waals surface area contributed by atoms with Crippen LogP contribution in [0.5, 0.6) is 0 Å². The van der Waals surface area contributed by atoms with Crippen LogP contribution in [0.4, 0.5) is 0 Å². The minimum atomic E-state index is -0.00245. The van der Waals surface area contributed by atoms with Crippen LogP contribution in [0.1, 0.15) is 37.4 Å². The molecule has 1 heterocycles. The van der Waals surface area contributed by atoms with Crippen molar-refractivity contribution in [3.63, 3.8) is 0 Å². The van der Waals surface area contributed by atoms with Gasteiger partial charge in [0, 0.05) is 22.4 Å². The molecule has 1 aromatic heterocycles. The third-order valence-corrected chi connectivity index (χ3v) is 4.35. The number of amides is 1. The van der Waals surface area contributed by atoms with Crippen molar-refractivity contribution < 1.29 is 4.79 Å². The summed E-state index contributed by atoms with van der Waals surface area (Å²) in [4.78, 5) is 14.2. The van der Waals surface area contributed by atoms with Gasteiger partial charge in [-0.15, -0.1) is 11.3 Å². The van der Waals surface area contributed by atoms with E-state index in [0.29, 0.717) is 17.8 Å². The molecule has 0 fully saturated rings. The van der Waals surface area contributed by atoms with Crippen LogP contribution in [0.25, 0.3) is 6.08 Å². The summed E-state index contributed by atoms with van der Waals surface area (Å²) >= 11 is 1.70.